The third kappa shape index (κ3) is 3.79. The van der Waals surface area contributed by atoms with E-state index in [2.05, 4.69) is 16.2 Å². The molecule has 2 aromatic rings. The number of hydrogen-bond acceptors (Lipinski definition) is 4. The van der Waals surface area contributed by atoms with E-state index < -0.39 is 0 Å². The van der Waals surface area contributed by atoms with Crippen LogP contribution >= 0.6 is 11.3 Å². The van der Waals surface area contributed by atoms with Crippen LogP contribution in [0.4, 0.5) is 0 Å². The Kier molecular flexibility index (Phi) is 4.76. The van der Waals surface area contributed by atoms with Crippen molar-refractivity contribution in [2.24, 2.45) is 0 Å². The van der Waals surface area contributed by atoms with Gasteiger partial charge in [0, 0.05) is 23.0 Å². The summed E-state index contributed by atoms with van der Waals surface area (Å²) in [7, 11) is 1.35. The lowest BCUT2D eigenvalue weighted by atomic mass is 10.1. The van der Waals surface area contributed by atoms with Gasteiger partial charge in [0.05, 0.1) is 12.7 Å². The average Bonchev–Trinajstić information content (AvgIpc) is 3.29. The monoisotopic (exact) mass is 329 g/mol. The van der Waals surface area contributed by atoms with Gasteiger partial charge in [-0.1, -0.05) is 6.07 Å². The number of amides is 1. The van der Waals surface area contributed by atoms with Crippen LogP contribution in [0.15, 0.2) is 41.8 Å². The largest absolute Gasteiger partial charge is 0.465 e. The van der Waals surface area contributed by atoms with E-state index >= 15 is 0 Å². The van der Waals surface area contributed by atoms with E-state index in [9.17, 15) is 9.59 Å². The summed E-state index contributed by atoms with van der Waals surface area (Å²) in [4.78, 5) is 27.5. The number of ether oxygens (including phenoxy) is 1. The maximum absolute atomic E-state index is 12.7. The molecule has 1 amide bonds. The zero-order valence-corrected chi connectivity index (χ0v) is 13.8. The summed E-state index contributed by atoms with van der Waals surface area (Å²) in [6.07, 6.45) is 3.05. The Labute approximate surface area is 139 Å². The molecule has 5 heteroatoms. The van der Waals surface area contributed by atoms with Crippen molar-refractivity contribution in [2.45, 2.75) is 25.3 Å². The summed E-state index contributed by atoms with van der Waals surface area (Å²) >= 11 is 1.72. The van der Waals surface area contributed by atoms with E-state index in [0.29, 0.717) is 17.2 Å². The fourth-order valence-electron chi connectivity index (χ4n) is 2.55. The second-order valence-electron chi connectivity index (χ2n) is 5.63. The molecular weight excluding hydrogens is 310 g/mol. The molecule has 1 fully saturated rings. The molecule has 23 heavy (non-hydrogen) atoms. The van der Waals surface area contributed by atoms with Crippen molar-refractivity contribution in [2.75, 3.05) is 13.7 Å². The van der Waals surface area contributed by atoms with E-state index in [1.807, 2.05) is 11.0 Å². The van der Waals surface area contributed by atoms with Gasteiger partial charge in [-0.05, 0) is 55.0 Å². The number of nitrogens with zero attached hydrogens (tertiary/aromatic N) is 1. The van der Waals surface area contributed by atoms with Gasteiger partial charge in [-0.15, -0.1) is 11.3 Å². The van der Waals surface area contributed by atoms with E-state index in [-0.39, 0.29) is 11.9 Å². The van der Waals surface area contributed by atoms with Gasteiger partial charge in [0.1, 0.15) is 0 Å². The van der Waals surface area contributed by atoms with Crippen molar-refractivity contribution in [1.82, 2.24) is 4.90 Å². The van der Waals surface area contributed by atoms with Gasteiger partial charge in [0.2, 0.25) is 0 Å². The molecule has 1 aliphatic carbocycles. The quantitative estimate of drug-likeness (QED) is 0.763. The summed E-state index contributed by atoms with van der Waals surface area (Å²) in [5.74, 6) is -0.346. The predicted octanol–water partition coefficient (Wildman–Crippen LogP) is 3.38. The molecule has 0 radical (unpaired) electrons. The second-order valence-corrected chi connectivity index (χ2v) is 6.66. The lowest BCUT2D eigenvalue weighted by Gasteiger charge is -2.22. The average molecular weight is 329 g/mol. The molecule has 0 bridgehead atoms. The van der Waals surface area contributed by atoms with Crippen molar-refractivity contribution in [3.05, 3.63) is 57.8 Å². The van der Waals surface area contributed by atoms with Gasteiger partial charge < -0.3 is 9.64 Å². The molecule has 1 aromatic carbocycles. The van der Waals surface area contributed by atoms with E-state index in [0.717, 1.165) is 25.8 Å². The Hall–Kier alpha value is -2.14. The van der Waals surface area contributed by atoms with Crippen molar-refractivity contribution < 1.29 is 14.3 Å². The molecule has 1 saturated carbocycles. The first-order chi connectivity index (χ1) is 11.2. The summed E-state index contributed by atoms with van der Waals surface area (Å²) in [6, 6.07) is 11.2. The van der Waals surface area contributed by atoms with Gasteiger partial charge in [-0.3, -0.25) is 4.79 Å². The van der Waals surface area contributed by atoms with Crippen LogP contribution in [-0.2, 0) is 11.2 Å². The van der Waals surface area contributed by atoms with Gasteiger partial charge in [-0.2, -0.15) is 0 Å². The Balaban J connectivity index is 1.69. The van der Waals surface area contributed by atoms with Gasteiger partial charge in [-0.25, -0.2) is 4.79 Å². The number of hydrogen-bond donors (Lipinski definition) is 0. The number of rotatable bonds is 6. The minimum absolute atomic E-state index is 0.0421. The van der Waals surface area contributed by atoms with Crippen LogP contribution in [0.3, 0.4) is 0 Å². The maximum atomic E-state index is 12.7. The number of methoxy groups -OCH3 is 1. The number of esters is 1. The number of carbonyl (C=O) groups excluding carboxylic acids is 2. The highest BCUT2D eigenvalue weighted by atomic mass is 32.1. The van der Waals surface area contributed by atoms with Crippen molar-refractivity contribution >= 4 is 23.2 Å². The standard InChI is InChI=1S/C18H19NO3S/c1-22-18(21)14-6-4-13(5-7-14)17(20)19(15-8-9-15)11-10-16-3-2-12-23-16/h2-7,12,15H,8-11H2,1H3. The van der Waals surface area contributed by atoms with Crippen molar-refractivity contribution in [1.29, 1.82) is 0 Å². The highest BCUT2D eigenvalue weighted by molar-refractivity contribution is 7.09. The molecule has 1 aromatic heterocycles. The fraction of sp³-hybridized carbons (Fsp3) is 0.333. The first-order valence-corrected chi connectivity index (χ1v) is 8.58. The summed E-state index contributed by atoms with van der Waals surface area (Å²) in [5.41, 5.74) is 1.08. The zero-order chi connectivity index (χ0) is 16.2. The molecule has 0 aliphatic heterocycles. The minimum Gasteiger partial charge on any atom is -0.465 e. The molecule has 0 N–H and O–H groups in total. The number of carbonyl (C=O) groups is 2. The molecule has 120 valence electrons. The van der Waals surface area contributed by atoms with Gasteiger partial charge in [0.15, 0.2) is 0 Å². The lowest BCUT2D eigenvalue weighted by Crippen LogP contribution is -2.34. The molecule has 4 nitrogen and oxygen atoms in total. The van der Waals surface area contributed by atoms with Crippen molar-refractivity contribution in [3.63, 3.8) is 0 Å². The van der Waals surface area contributed by atoms with E-state index in [1.54, 1.807) is 35.6 Å². The normalized spacial score (nSPS) is 13.6. The zero-order valence-electron chi connectivity index (χ0n) is 13.0. The molecule has 1 aliphatic rings. The van der Waals surface area contributed by atoms with Gasteiger partial charge >= 0.3 is 5.97 Å². The maximum Gasteiger partial charge on any atom is 0.337 e. The fourth-order valence-corrected chi connectivity index (χ4v) is 3.25. The Morgan fingerprint density at radius 2 is 1.87 bits per heavy atom. The second kappa shape index (κ2) is 6.96. The highest BCUT2D eigenvalue weighted by Crippen LogP contribution is 2.29. The Morgan fingerprint density at radius 1 is 1.17 bits per heavy atom. The van der Waals surface area contributed by atoms with Crippen LogP contribution in [0.5, 0.6) is 0 Å². The van der Waals surface area contributed by atoms with Crippen LogP contribution in [0.2, 0.25) is 0 Å². The third-order valence-electron chi connectivity index (χ3n) is 3.98. The molecule has 0 spiro atoms. The number of thiophene rings is 1. The van der Waals surface area contributed by atoms with Crippen LogP contribution in [0.25, 0.3) is 0 Å². The van der Waals surface area contributed by atoms with Crippen LogP contribution in [0, 0.1) is 0 Å². The van der Waals surface area contributed by atoms with Gasteiger partial charge in [0.25, 0.3) is 5.91 Å². The highest BCUT2D eigenvalue weighted by Gasteiger charge is 2.32. The Morgan fingerprint density at radius 3 is 2.43 bits per heavy atom. The lowest BCUT2D eigenvalue weighted by molar-refractivity contribution is 0.0599. The smallest absolute Gasteiger partial charge is 0.337 e. The SMILES string of the molecule is COC(=O)c1ccc(C(=O)N(CCc2cccs2)C2CC2)cc1. The number of benzene rings is 1. The van der Waals surface area contributed by atoms with E-state index in [1.165, 1.54) is 12.0 Å². The molecular formula is C18H19NO3S. The third-order valence-corrected chi connectivity index (χ3v) is 4.92. The van der Waals surface area contributed by atoms with Crippen molar-refractivity contribution in [3.8, 4) is 0 Å². The topological polar surface area (TPSA) is 46.6 Å². The molecule has 1 heterocycles. The van der Waals surface area contributed by atoms with E-state index in [4.69, 9.17) is 0 Å². The Bertz CT molecular complexity index is 675. The molecule has 0 unspecified atom stereocenters. The molecule has 0 saturated heterocycles. The van der Waals surface area contributed by atoms with Crippen LogP contribution in [-0.4, -0.2) is 36.5 Å². The summed E-state index contributed by atoms with van der Waals surface area (Å²) in [5, 5.41) is 2.06. The predicted molar refractivity (Wildman–Crippen MR) is 89.9 cm³/mol. The first kappa shape index (κ1) is 15.7. The van der Waals surface area contributed by atoms with Crippen LogP contribution in [0.1, 0.15) is 38.4 Å². The van der Waals surface area contributed by atoms with Crippen LogP contribution < -0.4 is 0 Å². The first-order valence-electron chi connectivity index (χ1n) is 7.71. The molecule has 0 atom stereocenters. The minimum atomic E-state index is -0.388. The molecule has 3 rings (SSSR count). The summed E-state index contributed by atoms with van der Waals surface area (Å²) < 4.78 is 4.68. The summed E-state index contributed by atoms with van der Waals surface area (Å²) in [6.45, 7) is 0.739.